The maximum Gasteiger partial charge on any atom is 0.146 e. The van der Waals surface area contributed by atoms with Crippen molar-refractivity contribution < 1.29 is 9.47 Å². The third-order valence-electron chi connectivity index (χ3n) is 3.75. The summed E-state index contributed by atoms with van der Waals surface area (Å²) in [5.74, 6) is 2.36. The fourth-order valence-corrected chi connectivity index (χ4v) is 2.51. The predicted octanol–water partition coefficient (Wildman–Crippen LogP) is 3.34. The number of rotatable bonds is 5. The van der Waals surface area contributed by atoms with Gasteiger partial charge in [-0.2, -0.15) is 0 Å². The minimum atomic E-state index is 0.376. The summed E-state index contributed by atoms with van der Waals surface area (Å²) in [5.41, 5.74) is 2.91. The highest BCUT2D eigenvalue weighted by atomic mass is 16.5. The summed E-state index contributed by atoms with van der Waals surface area (Å²) in [6.07, 6.45) is 5.43. The minimum absolute atomic E-state index is 0.376. The van der Waals surface area contributed by atoms with Crippen molar-refractivity contribution in [3.8, 4) is 17.2 Å². The van der Waals surface area contributed by atoms with Crippen molar-refractivity contribution in [2.45, 2.75) is 6.61 Å². The summed E-state index contributed by atoms with van der Waals surface area (Å²) in [7, 11) is 1.64. The van der Waals surface area contributed by atoms with E-state index in [0.29, 0.717) is 6.61 Å². The van der Waals surface area contributed by atoms with Crippen LogP contribution in [0.2, 0.25) is 0 Å². The van der Waals surface area contributed by atoms with E-state index in [1.807, 2.05) is 53.2 Å². The first-order valence-electron chi connectivity index (χ1n) is 7.56. The van der Waals surface area contributed by atoms with Crippen LogP contribution >= 0.6 is 0 Å². The van der Waals surface area contributed by atoms with Crippen LogP contribution in [0.4, 0.5) is 0 Å². The van der Waals surface area contributed by atoms with Gasteiger partial charge in [0.15, 0.2) is 0 Å². The second-order valence-electron chi connectivity index (χ2n) is 5.32. The van der Waals surface area contributed by atoms with Gasteiger partial charge in [0, 0.05) is 18.1 Å². The largest absolute Gasteiger partial charge is 0.497 e. The molecule has 0 saturated heterocycles. The Bertz CT molecular complexity index is 943. The highest BCUT2D eigenvalue weighted by Gasteiger charge is 2.06. The van der Waals surface area contributed by atoms with E-state index in [4.69, 9.17) is 9.47 Å². The first-order chi connectivity index (χ1) is 11.8. The average Bonchev–Trinajstić information content (AvgIpc) is 3.29. The molecule has 0 aliphatic heterocycles. The van der Waals surface area contributed by atoms with Crippen LogP contribution in [0, 0.1) is 0 Å². The smallest absolute Gasteiger partial charge is 0.146 e. The molecule has 0 atom stereocenters. The number of benzene rings is 2. The number of methoxy groups -OCH3 is 1. The molecule has 0 saturated carbocycles. The average molecular weight is 320 g/mol. The maximum atomic E-state index is 5.76. The highest BCUT2D eigenvalue weighted by molar-refractivity contribution is 5.77. The van der Waals surface area contributed by atoms with Gasteiger partial charge < -0.3 is 19.0 Å². The van der Waals surface area contributed by atoms with Crippen molar-refractivity contribution in [3.63, 3.8) is 0 Å². The molecule has 2 aromatic heterocycles. The molecule has 0 bridgehead atoms. The Kier molecular flexibility index (Phi) is 3.63. The summed E-state index contributed by atoms with van der Waals surface area (Å²) in [4.78, 5) is 11.9. The number of imidazole rings is 2. The fraction of sp³-hybridized carbons (Fsp3) is 0.111. The lowest BCUT2D eigenvalue weighted by Crippen LogP contribution is -1.97. The molecule has 2 heterocycles. The molecule has 6 nitrogen and oxygen atoms in total. The van der Waals surface area contributed by atoms with Crippen LogP contribution in [0.25, 0.3) is 16.7 Å². The summed E-state index contributed by atoms with van der Waals surface area (Å²) in [5, 5.41) is 0. The third kappa shape index (κ3) is 2.81. The second-order valence-corrected chi connectivity index (χ2v) is 5.32. The number of nitrogens with zero attached hydrogens (tertiary/aromatic N) is 3. The molecular formula is C18H16N4O2. The van der Waals surface area contributed by atoms with E-state index in [-0.39, 0.29) is 0 Å². The van der Waals surface area contributed by atoms with Gasteiger partial charge in [-0.1, -0.05) is 0 Å². The van der Waals surface area contributed by atoms with E-state index in [0.717, 1.165) is 34.0 Å². The molecule has 120 valence electrons. The number of hydrogen-bond acceptors (Lipinski definition) is 4. The van der Waals surface area contributed by atoms with Crippen molar-refractivity contribution in [1.82, 2.24) is 19.5 Å². The molecule has 0 aliphatic carbocycles. The van der Waals surface area contributed by atoms with E-state index in [9.17, 15) is 0 Å². The topological polar surface area (TPSA) is 65.0 Å². The molecule has 0 radical (unpaired) electrons. The minimum Gasteiger partial charge on any atom is -0.497 e. The van der Waals surface area contributed by atoms with Crippen LogP contribution in [0.15, 0.2) is 61.2 Å². The van der Waals surface area contributed by atoms with Gasteiger partial charge >= 0.3 is 0 Å². The second kappa shape index (κ2) is 6.08. The lowest BCUT2D eigenvalue weighted by molar-refractivity contribution is 0.297. The number of aromatic amines is 1. The van der Waals surface area contributed by atoms with Gasteiger partial charge in [0.1, 0.15) is 23.9 Å². The van der Waals surface area contributed by atoms with Crippen LogP contribution in [-0.4, -0.2) is 26.6 Å². The molecule has 0 aliphatic rings. The number of aromatic nitrogens is 4. The van der Waals surface area contributed by atoms with E-state index in [1.165, 1.54) is 0 Å². The van der Waals surface area contributed by atoms with Crippen LogP contribution in [-0.2, 0) is 6.61 Å². The van der Waals surface area contributed by atoms with Crippen molar-refractivity contribution in [3.05, 3.63) is 67.0 Å². The Morgan fingerprint density at radius 3 is 2.67 bits per heavy atom. The number of H-pyrrole nitrogens is 1. The monoisotopic (exact) mass is 320 g/mol. The van der Waals surface area contributed by atoms with Crippen LogP contribution < -0.4 is 9.47 Å². The number of ether oxygens (including phenoxy) is 2. The van der Waals surface area contributed by atoms with Gasteiger partial charge in [-0.3, -0.25) is 0 Å². The molecular weight excluding hydrogens is 304 g/mol. The van der Waals surface area contributed by atoms with Crippen molar-refractivity contribution in [2.75, 3.05) is 7.11 Å². The summed E-state index contributed by atoms with van der Waals surface area (Å²) < 4.78 is 12.8. The van der Waals surface area contributed by atoms with Gasteiger partial charge in [0.05, 0.1) is 24.5 Å². The first kappa shape index (κ1) is 14.3. The number of fused-ring (bicyclic) bond motifs is 1. The first-order valence-corrected chi connectivity index (χ1v) is 7.56. The summed E-state index contributed by atoms with van der Waals surface area (Å²) >= 11 is 0. The van der Waals surface area contributed by atoms with E-state index in [2.05, 4.69) is 15.0 Å². The molecule has 0 unspecified atom stereocenters. The zero-order valence-electron chi connectivity index (χ0n) is 13.1. The fourth-order valence-electron chi connectivity index (χ4n) is 2.51. The molecule has 4 aromatic rings. The normalized spacial score (nSPS) is 10.9. The van der Waals surface area contributed by atoms with Crippen LogP contribution in [0.3, 0.4) is 0 Å². The molecule has 1 N–H and O–H groups in total. The van der Waals surface area contributed by atoms with E-state index >= 15 is 0 Å². The highest BCUT2D eigenvalue weighted by Crippen LogP contribution is 2.20. The zero-order chi connectivity index (χ0) is 16.4. The Balaban J connectivity index is 1.52. The standard InChI is InChI=1S/C18H16N4O2/c1-23-14-3-5-15(6-4-14)24-11-18-20-16-7-2-13(10-17(16)21-18)22-9-8-19-12-22/h2-10,12H,11H2,1H3,(H,20,21). The SMILES string of the molecule is COc1ccc(OCc2nc3ccc(-n4ccnc4)cc3[nH]2)cc1. The quantitative estimate of drug-likeness (QED) is 0.612. The maximum absolute atomic E-state index is 5.76. The lowest BCUT2D eigenvalue weighted by Gasteiger charge is -2.05. The van der Waals surface area contributed by atoms with E-state index in [1.54, 1.807) is 19.6 Å². The van der Waals surface area contributed by atoms with Crippen LogP contribution in [0.1, 0.15) is 5.82 Å². The van der Waals surface area contributed by atoms with Crippen molar-refractivity contribution in [1.29, 1.82) is 0 Å². The van der Waals surface area contributed by atoms with Gasteiger partial charge in [0.2, 0.25) is 0 Å². The van der Waals surface area contributed by atoms with Gasteiger partial charge in [-0.05, 0) is 42.5 Å². The molecule has 0 fully saturated rings. The number of nitrogens with one attached hydrogen (secondary N) is 1. The Morgan fingerprint density at radius 1 is 1.08 bits per heavy atom. The Morgan fingerprint density at radius 2 is 1.92 bits per heavy atom. The molecule has 0 spiro atoms. The van der Waals surface area contributed by atoms with Gasteiger partial charge in [-0.25, -0.2) is 9.97 Å². The Hall–Kier alpha value is -3.28. The summed E-state index contributed by atoms with van der Waals surface area (Å²) in [6.45, 7) is 0.376. The van der Waals surface area contributed by atoms with Crippen molar-refractivity contribution >= 4 is 11.0 Å². The molecule has 2 aromatic carbocycles. The Labute approximate surface area is 138 Å². The molecule has 6 heteroatoms. The molecule has 0 amide bonds. The molecule has 24 heavy (non-hydrogen) atoms. The summed E-state index contributed by atoms with van der Waals surface area (Å²) in [6, 6.07) is 13.5. The third-order valence-corrected chi connectivity index (χ3v) is 3.75. The lowest BCUT2D eigenvalue weighted by atomic mass is 10.3. The predicted molar refractivity (Wildman–Crippen MR) is 90.5 cm³/mol. The van der Waals surface area contributed by atoms with Gasteiger partial charge in [-0.15, -0.1) is 0 Å². The van der Waals surface area contributed by atoms with Gasteiger partial charge in [0.25, 0.3) is 0 Å². The van der Waals surface area contributed by atoms with Crippen LogP contribution in [0.5, 0.6) is 11.5 Å². The van der Waals surface area contributed by atoms with E-state index < -0.39 is 0 Å². The van der Waals surface area contributed by atoms with Crippen molar-refractivity contribution in [2.24, 2.45) is 0 Å². The number of hydrogen-bond donors (Lipinski definition) is 1. The molecule has 4 rings (SSSR count). The zero-order valence-corrected chi connectivity index (χ0v) is 13.1.